The average Bonchev–Trinajstić information content (AvgIpc) is 3.09. The van der Waals surface area contributed by atoms with E-state index in [4.69, 9.17) is 13.9 Å². The van der Waals surface area contributed by atoms with Crippen molar-refractivity contribution in [1.29, 1.82) is 0 Å². The van der Waals surface area contributed by atoms with Crippen molar-refractivity contribution in [3.8, 4) is 11.5 Å². The van der Waals surface area contributed by atoms with Crippen LogP contribution in [0.5, 0.6) is 11.5 Å². The Bertz CT molecular complexity index is 785. The number of para-hydroxylation sites is 2. The SMILES string of the molecule is Brc1cc2c(cc1CSc1nc3ccccc3o1)OCO2. The first kappa shape index (κ1) is 13.0. The maximum atomic E-state index is 5.70. The first-order valence-corrected chi connectivity index (χ1v) is 8.14. The summed E-state index contributed by atoms with van der Waals surface area (Å²) in [6.07, 6.45) is 0. The second-order valence-corrected chi connectivity index (χ2v) is 6.31. The molecule has 0 radical (unpaired) electrons. The molecule has 0 unspecified atom stereocenters. The van der Waals surface area contributed by atoms with Crippen LogP contribution in [0.3, 0.4) is 0 Å². The van der Waals surface area contributed by atoms with Crippen molar-refractivity contribution in [3.63, 3.8) is 0 Å². The summed E-state index contributed by atoms with van der Waals surface area (Å²) in [6, 6.07) is 11.7. The van der Waals surface area contributed by atoms with Crippen LogP contribution in [0.25, 0.3) is 11.1 Å². The quantitative estimate of drug-likeness (QED) is 0.635. The van der Waals surface area contributed by atoms with Crippen molar-refractivity contribution in [2.24, 2.45) is 0 Å². The van der Waals surface area contributed by atoms with E-state index in [-0.39, 0.29) is 6.79 Å². The molecule has 4 rings (SSSR count). The number of aromatic nitrogens is 1. The van der Waals surface area contributed by atoms with Crippen molar-refractivity contribution in [1.82, 2.24) is 4.98 Å². The van der Waals surface area contributed by atoms with Crippen LogP contribution in [-0.2, 0) is 5.75 Å². The number of rotatable bonds is 3. The standard InChI is InChI=1S/C15H10BrNO3S/c16-10-6-14-13(18-8-19-14)5-9(10)7-21-15-17-11-3-1-2-4-12(11)20-15/h1-6H,7-8H2. The zero-order chi connectivity index (χ0) is 14.2. The Kier molecular flexibility index (Phi) is 3.27. The maximum Gasteiger partial charge on any atom is 0.257 e. The lowest BCUT2D eigenvalue weighted by Crippen LogP contribution is -1.92. The molecule has 0 aliphatic carbocycles. The highest BCUT2D eigenvalue weighted by molar-refractivity contribution is 9.10. The number of hydrogen-bond donors (Lipinski definition) is 0. The van der Waals surface area contributed by atoms with Gasteiger partial charge in [0.05, 0.1) is 0 Å². The lowest BCUT2D eigenvalue weighted by atomic mass is 10.2. The Morgan fingerprint density at radius 3 is 2.81 bits per heavy atom. The Morgan fingerprint density at radius 1 is 1.14 bits per heavy atom. The average molecular weight is 364 g/mol. The highest BCUT2D eigenvalue weighted by Gasteiger charge is 2.17. The summed E-state index contributed by atoms with van der Waals surface area (Å²) < 4.78 is 17.4. The lowest BCUT2D eigenvalue weighted by Gasteiger charge is -2.04. The van der Waals surface area contributed by atoms with E-state index < -0.39 is 0 Å². The summed E-state index contributed by atoms with van der Waals surface area (Å²) in [5.74, 6) is 2.30. The molecule has 6 heteroatoms. The van der Waals surface area contributed by atoms with Gasteiger partial charge >= 0.3 is 0 Å². The fraction of sp³-hybridized carbons (Fsp3) is 0.133. The fourth-order valence-corrected chi connectivity index (χ4v) is 3.60. The van der Waals surface area contributed by atoms with E-state index in [1.165, 1.54) is 0 Å². The van der Waals surface area contributed by atoms with Gasteiger partial charge in [-0.15, -0.1) is 0 Å². The van der Waals surface area contributed by atoms with E-state index in [0.717, 1.165) is 38.4 Å². The summed E-state index contributed by atoms with van der Waals surface area (Å²) in [4.78, 5) is 4.45. The third-order valence-electron chi connectivity index (χ3n) is 3.17. The molecule has 21 heavy (non-hydrogen) atoms. The molecule has 0 bridgehead atoms. The molecule has 0 N–H and O–H groups in total. The van der Waals surface area contributed by atoms with Crippen LogP contribution < -0.4 is 9.47 Å². The van der Waals surface area contributed by atoms with Crippen molar-refractivity contribution in [3.05, 3.63) is 46.4 Å². The number of oxazole rings is 1. The topological polar surface area (TPSA) is 44.5 Å². The van der Waals surface area contributed by atoms with Crippen LogP contribution in [0.1, 0.15) is 5.56 Å². The van der Waals surface area contributed by atoms with Gasteiger partial charge in [-0.3, -0.25) is 0 Å². The van der Waals surface area contributed by atoms with Crippen molar-refractivity contribution < 1.29 is 13.9 Å². The van der Waals surface area contributed by atoms with Gasteiger partial charge in [0.2, 0.25) is 6.79 Å². The molecule has 3 aromatic rings. The predicted molar refractivity (Wildman–Crippen MR) is 83.8 cm³/mol. The van der Waals surface area contributed by atoms with Gasteiger partial charge in [-0.2, -0.15) is 0 Å². The second kappa shape index (κ2) is 5.27. The number of thioether (sulfide) groups is 1. The van der Waals surface area contributed by atoms with Gasteiger partial charge in [-0.25, -0.2) is 4.98 Å². The van der Waals surface area contributed by atoms with Gasteiger partial charge < -0.3 is 13.9 Å². The maximum absolute atomic E-state index is 5.70. The molecule has 0 fully saturated rings. The number of fused-ring (bicyclic) bond motifs is 2. The third kappa shape index (κ3) is 2.49. The Hall–Kier alpha value is -1.66. The van der Waals surface area contributed by atoms with Crippen LogP contribution in [-0.4, -0.2) is 11.8 Å². The smallest absolute Gasteiger partial charge is 0.257 e. The zero-order valence-corrected chi connectivity index (χ0v) is 13.2. The highest BCUT2D eigenvalue weighted by Crippen LogP contribution is 2.39. The summed E-state index contributed by atoms with van der Waals surface area (Å²) in [6.45, 7) is 0.281. The first-order valence-electron chi connectivity index (χ1n) is 6.36. The minimum Gasteiger partial charge on any atom is -0.454 e. The number of benzene rings is 2. The van der Waals surface area contributed by atoms with E-state index in [2.05, 4.69) is 20.9 Å². The monoisotopic (exact) mass is 363 g/mol. The summed E-state index contributed by atoms with van der Waals surface area (Å²) in [5.41, 5.74) is 2.81. The van der Waals surface area contributed by atoms with Gasteiger partial charge in [-0.1, -0.05) is 39.8 Å². The number of nitrogens with zero attached hydrogens (tertiary/aromatic N) is 1. The molecule has 2 heterocycles. The van der Waals surface area contributed by atoms with Gasteiger partial charge in [0.25, 0.3) is 5.22 Å². The predicted octanol–water partition coefficient (Wildman–Crippen LogP) is 4.61. The molecular weight excluding hydrogens is 354 g/mol. The summed E-state index contributed by atoms with van der Waals surface area (Å²) >= 11 is 5.11. The number of ether oxygens (including phenoxy) is 2. The molecule has 106 valence electrons. The van der Waals surface area contributed by atoms with Crippen LogP contribution >= 0.6 is 27.7 Å². The van der Waals surface area contributed by atoms with Gasteiger partial charge in [0.15, 0.2) is 17.1 Å². The second-order valence-electron chi connectivity index (χ2n) is 4.53. The first-order chi connectivity index (χ1) is 10.3. The molecule has 0 atom stereocenters. The van der Waals surface area contributed by atoms with Crippen molar-refractivity contribution in [2.45, 2.75) is 11.0 Å². The molecule has 0 saturated heterocycles. The van der Waals surface area contributed by atoms with Crippen LogP contribution in [0.2, 0.25) is 0 Å². The minimum absolute atomic E-state index is 0.281. The largest absolute Gasteiger partial charge is 0.454 e. The molecule has 1 aliphatic heterocycles. The molecule has 2 aromatic carbocycles. The summed E-state index contributed by atoms with van der Waals surface area (Å²) in [5, 5.41) is 0.667. The molecule has 0 amide bonds. The Morgan fingerprint density at radius 2 is 1.95 bits per heavy atom. The molecule has 0 spiro atoms. The third-order valence-corrected chi connectivity index (χ3v) is 4.78. The molecule has 1 aromatic heterocycles. The van der Waals surface area contributed by atoms with E-state index in [9.17, 15) is 0 Å². The van der Waals surface area contributed by atoms with Crippen molar-refractivity contribution in [2.75, 3.05) is 6.79 Å². The summed E-state index contributed by atoms with van der Waals surface area (Å²) in [7, 11) is 0. The zero-order valence-electron chi connectivity index (χ0n) is 10.8. The number of hydrogen-bond acceptors (Lipinski definition) is 5. The van der Waals surface area contributed by atoms with Crippen LogP contribution in [0.4, 0.5) is 0 Å². The van der Waals surface area contributed by atoms with Gasteiger partial charge in [0.1, 0.15) is 5.52 Å². The van der Waals surface area contributed by atoms with E-state index >= 15 is 0 Å². The van der Waals surface area contributed by atoms with E-state index in [1.807, 2.05) is 36.4 Å². The highest BCUT2D eigenvalue weighted by atomic mass is 79.9. The lowest BCUT2D eigenvalue weighted by molar-refractivity contribution is 0.174. The van der Waals surface area contributed by atoms with Crippen LogP contribution in [0.15, 0.2) is 50.5 Å². The molecule has 0 saturated carbocycles. The number of halogens is 1. The van der Waals surface area contributed by atoms with E-state index in [1.54, 1.807) is 11.8 Å². The Labute approximate surface area is 133 Å². The van der Waals surface area contributed by atoms with Gasteiger partial charge in [-0.05, 0) is 29.8 Å². The normalized spacial score (nSPS) is 13.0. The molecule has 4 nitrogen and oxygen atoms in total. The molecule has 1 aliphatic rings. The van der Waals surface area contributed by atoms with Gasteiger partial charge in [0, 0.05) is 10.2 Å². The molecular formula is C15H10BrNO3S. The minimum atomic E-state index is 0.281. The van der Waals surface area contributed by atoms with Crippen molar-refractivity contribution >= 4 is 38.8 Å². The van der Waals surface area contributed by atoms with Crippen LogP contribution in [0, 0.1) is 0 Å². The Balaban J connectivity index is 1.56. The van der Waals surface area contributed by atoms with E-state index in [0.29, 0.717) is 5.22 Å². The fourth-order valence-electron chi connectivity index (χ4n) is 2.12.